The van der Waals surface area contributed by atoms with Crippen LogP contribution in [0.2, 0.25) is 0 Å². The zero-order valence-electron chi connectivity index (χ0n) is 11.9. The third-order valence-corrected chi connectivity index (χ3v) is 3.88. The third-order valence-electron chi connectivity index (χ3n) is 3.88. The van der Waals surface area contributed by atoms with Crippen molar-refractivity contribution in [1.29, 1.82) is 0 Å². The van der Waals surface area contributed by atoms with E-state index in [1.165, 1.54) is 27.6 Å². The van der Waals surface area contributed by atoms with Gasteiger partial charge in [-0.2, -0.15) is 0 Å². The Morgan fingerprint density at radius 1 is 1.05 bits per heavy atom. The van der Waals surface area contributed by atoms with E-state index in [0.717, 1.165) is 5.56 Å². The van der Waals surface area contributed by atoms with Gasteiger partial charge in [0.25, 0.3) is 0 Å². The zero-order chi connectivity index (χ0) is 14.1. The summed E-state index contributed by atoms with van der Waals surface area (Å²) in [5.74, 6) is 0. The van der Waals surface area contributed by atoms with E-state index in [2.05, 4.69) is 79.8 Å². The molecule has 1 heterocycles. The molecule has 3 rings (SSSR count). The lowest BCUT2D eigenvalue weighted by Gasteiger charge is -2.08. The number of nitrogens with zero attached hydrogens (tertiary/aromatic N) is 1. The monoisotopic (exact) mass is 260 g/mol. The Morgan fingerprint density at radius 2 is 1.85 bits per heavy atom. The summed E-state index contributed by atoms with van der Waals surface area (Å²) in [6.45, 7) is 6.05. The number of aryl methyl sites for hydroxylation is 2. The predicted octanol–water partition coefficient (Wildman–Crippen LogP) is 4.28. The Hall–Kier alpha value is -2.41. The van der Waals surface area contributed by atoms with Gasteiger partial charge < -0.3 is 0 Å². The minimum Gasteiger partial charge on any atom is -0.201 e. The molecule has 0 saturated heterocycles. The van der Waals surface area contributed by atoms with E-state index >= 15 is 0 Å². The Balaban J connectivity index is 2.29. The molecule has 1 aromatic heterocycles. The van der Waals surface area contributed by atoms with Gasteiger partial charge in [-0.15, -0.1) is 0 Å². The molecule has 0 atom stereocenters. The normalized spacial score (nSPS) is 10.7. The predicted molar refractivity (Wildman–Crippen MR) is 85.4 cm³/mol. The maximum atomic E-state index is 3.86. The second-order valence-electron chi connectivity index (χ2n) is 5.12. The molecule has 0 saturated carbocycles. The number of hydrogen-bond acceptors (Lipinski definition) is 0. The lowest BCUT2D eigenvalue weighted by molar-refractivity contribution is -0.660. The highest BCUT2D eigenvalue weighted by Gasteiger charge is 2.14. The summed E-state index contributed by atoms with van der Waals surface area (Å²) < 4.78 is 2.16. The van der Waals surface area contributed by atoms with E-state index in [4.69, 9.17) is 0 Å². The standard InChI is InChI=1S/C19H18N/c1-4-15-11-12-20(3)19(13-15)18-10-9-16-7-5-6-8-17(16)14(18)2/h4-13H,1H2,2-3H3/q+1. The van der Waals surface area contributed by atoms with Crippen LogP contribution in [0.3, 0.4) is 0 Å². The largest absolute Gasteiger partial charge is 0.213 e. The van der Waals surface area contributed by atoms with Gasteiger partial charge in [0.15, 0.2) is 6.20 Å². The molecule has 0 aliphatic heterocycles. The maximum Gasteiger partial charge on any atom is 0.213 e. The van der Waals surface area contributed by atoms with Crippen molar-refractivity contribution < 1.29 is 4.57 Å². The van der Waals surface area contributed by atoms with Crippen molar-refractivity contribution in [2.75, 3.05) is 0 Å². The van der Waals surface area contributed by atoms with Gasteiger partial charge in [0, 0.05) is 17.7 Å². The van der Waals surface area contributed by atoms with Gasteiger partial charge in [-0.05, 0) is 34.9 Å². The van der Waals surface area contributed by atoms with Crippen LogP contribution < -0.4 is 4.57 Å². The lowest BCUT2D eigenvalue weighted by Crippen LogP contribution is -2.30. The Bertz CT molecular complexity index is 800. The average Bonchev–Trinajstić information content (AvgIpc) is 2.49. The molecule has 0 N–H and O–H groups in total. The molecule has 0 bridgehead atoms. The van der Waals surface area contributed by atoms with Crippen molar-refractivity contribution in [1.82, 2.24) is 0 Å². The van der Waals surface area contributed by atoms with Gasteiger partial charge in [0.2, 0.25) is 5.69 Å². The molecule has 3 aromatic rings. The summed E-state index contributed by atoms with van der Waals surface area (Å²) in [4.78, 5) is 0. The summed E-state index contributed by atoms with van der Waals surface area (Å²) in [7, 11) is 2.08. The number of pyridine rings is 1. The van der Waals surface area contributed by atoms with Crippen LogP contribution in [-0.4, -0.2) is 0 Å². The van der Waals surface area contributed by atoms with Crippen LogP contribution in [0.1, 0.15) is 11.1 Å². The molecule has 0 aliphatic rings. The van der Waals surface area contributed by atoms with E-state index in [9.17, 15) is 0 Å². The zero-order valence-corrected chi connectivity index (χ0v) is 11.9. The molecular weight excluding hydrogens is 242 g/mol. The van der Waals surface area contributed by atoms with Gasteiger partial charge in [-0.3, -0.25) is 0 Å². The number of hydrogen-bond donors (Lipinski definition) is 0. The van der Waals surface area contributed by atoms with Gasteiger partial charge in [-0.25, -0.2) is 4.57 Å². The van der Waals surface area contributed by atoms with Gasteiger partial charge in [0.05, 0.1) is 0 Å². The highest BCUT2D eigenvalue weighted by atomic mass is 14.9. The van der Waals surface area contributed by atoms with Crippen LogP contribution in [0.15, 0.2) is 61.3 Å². The molecular formula is C19H18N+. The first kappa shape index (κ1) is 12.6. The van der Waals surface area contributed by atoms with E-state index < -0.39 is 0 Å². The van der Waals surface area contributed by atoms with Crippen LogP contribution in [0.25, 0.3) is 28.1 Å². The average molecular weight is 260 g/mol. The van der Waals surface area contributed by atoms with Crippen LogP contribution in [-0.2, 0) is 7.05 Å². The molecule has 0 unspecified atom stereocenters. The quantitative estimate of drug-likeness (QED) is 0.605. The second kappa shape index (κ2) is 4.93. The summed E-state index contributed by atoms with van der Waals surface area (Å²) in [5, 5.41) is 2.60. The smallest absolute Gasteiger partial charge is 0.201 e. The number of benzene rings is 2. The molecule has 0 spiro atoms. The molecule has 0 radical (unpaired) electrons. The summed E-state index contributed by atoms with van der Waals surface area (Å²) in [6, 6.07) is 17.2. The van der Waals surface area contributed by atoms with Crippen molar-refractivity contribution in [3.63, 3.8) is 0 Å². The summed E-state index contributed by atoms with van der Waals surface area (Å²) in [5.41, 5.74) is 4.95. The molecule has 0 amide bonds. The summed E-state index contributed by atoms with van der Waals surface area (Å²) >= 11 is 0. The first-order chi connectivity index (χ1) is 9.70. The number of aromatic nitrogens is 1. The number of rotatable bonds is 2. The minimum absolute atomic E-state index is 1.14. The Morgan fingerprint density at radius 3 is 2.65 bits per heavy atom. The topological polar surface area (TPSA) is 3.88 Å². The molecule has 98 valence electrons. The fraction of sp³-hybridized carbons (Fsp3) is 0.105. The molecule has 1 nitrogen and oxygen atoms in total. The Labute approximate surface area is 119 Å². The molecule has 1 heteroatoms. The second-order valence-corrected chi connectivity index (χ2v) is 5.12. The fourth-order valence-electron chi connectivity index (χ4n) is 2.69. The van der Waals surface area contributed by atoms with E-state index in [0.29, 0.717) is 0 Å². The molecule has 20 heavy (non-hydrogen) atoms. The maximum absolute atomic E-state index is 3.86. The van der Waals surface area contributed by atoms with Gasteiger partial charge in [-0.1, -0.05) is 43.0 Å². The summed E-state index contributed by atoms with van der Waals surface area (Å²) in [6.07, 6.45) is 3.97. The van der Waals surface area contributed by atoms with Crippen LogP contribution >= 0.6 is 0 Å². The van der Waals surface area contributed by atoms with E-state index in [1.807, 2.05) is 6.08 Å². The van der Waals surface area contributed by atoms with Gasteiger partial charge in [0.1, 0.15) is 7.05 Å². The third kappa shape index (κ3) is 2.01. The lowest BCUT2D eigenvalue weighted by atomic mass is 9.97. The molecule has 2 aromatic carbocycles. The number of fused-ring (bicyclic) bond motifs is 1. The molecule has 0 aliphatic carbocycles. The van der Waals surface area contributed by atoms with Crippen molar-refractivity contribution in [3.05, 3.63) is 72.4 Å². The highest BCUT2D eigenvalue weighted by Crippen LogP contribution is 2.28. The first-order valence-corrected chi connectivity index (χ1v) is 6.81. The van der Waals surface area contributed by atoms with Crippen molar-refractivity contribution in [2.24, 2.45) is 7.05 Å². The fourth-order valence-corrected chi connectivity index (χ4v) is 2.69. The van der Waals surface area contributed by atoms with E-state index in [1.54, 1.807) is 0 Å². The first-order valence-electron chi connectivity index (χ1n) is 6.81. The molecule has 0 fully saturated rings. The van der Waals surface area contributed by atoms with Crippen molar-refractivity contribution >= 4 is 16.8 Å². The van der Waals surface area contributed by atoms with E-state index in [-0.39, 0.29) is 0 Å². The minimum atomic E-state index is 1.14. The van der Waals surface area contributed by atoms with Crippen molar-refractivity contribution in [2.45, 2.75) is 6.92 Å². The van der Waals surface area contributed by atoms with Crippen LogP contribution in [0.5, 0.6) is 0 Å². The Kier molecular flexibility index (Phi) is 3.11. The van der Waals surface area contributed by atoms with Crippen molar-refractivity contribution in [3.8, 4) is 11.3 Å². The van der Waals surface area contributed by atoms with Gasteiger partial charge >= 0.3 is 0 Å². The highest BCUT2D eigenvalue weighted by molar-refractivity contribution is 5.90. The van der Waals surface area contributed by atoms with Crippen LogP contribution in [0.4, 0.5) is 0 Å². The SMILES string of the molecule is C=Cc1cc[n+](C)c(-c2ccc3ccccc3c2C)c1. The van der Waals surface area contributed by atoms with Crippen LogP contribution in [0, 0.1) is 6.92 Å².